The van der Waals surface area contributed by atoms with Gasteiger partial charge in [0, 0.05) is 11.7 Å². The quantitative estimate of drug-likeness (QED) is 0.907. The van der Waals surface area contributed by atoms with Crippen molar-refractivity contribution < 1.29 is 4.79 Å². The predicted molar refractivity (Wildman–Crippen MR) is 90.4 cm³/mol. The summed E-state index contributed by atoms with van der Waals surface area (Å²) in [5.41, 5.74) is 2.76. The number of hydrogen-bond donors (Lipinski definition) is 2. The van der Waals surface area contributed by atoms with Crippen LogP contribution < -0.4 is 10.6 Å². The van der Waals surface area contributed by atoms with E-state index in [1.165, 1.54) is 5.56 Å². The number of benzene rings is 1. The Morgan fingerprint density at radius 3 is 2.91 bits per heavy atom. The second-order valence-electron chi connectivity index (χ2n) is 6.34. The van der Waals surface area contributed by atoms with Crippen LogP contribution in [-0.4, -0.2) is 34.8 Å². The van der Waals surface area contributed by atoms with Gasteiger partial charge in [-0.1, -0.05) is 37.3 Å². The molecule has 1 saturated heterocycles. The monoisotopic (exact) mass is 312 g/mol. The Bertz CT molecular complexity index is 665. The van der Waals surface area contributed by atoms with Gasteiger partial charge < -0.3 is 10.6 Å². The molecule has 2 unspecified atom stereocenters. The highest BCUT2D eigenvalue weighted by Gasteiger charge is 2.24. The molecule has 1 aliphatic heterocycles. The van der Waals surface area contributed by atoms with Crippen LogP contribution in [0.2, 0.25) is 0 Å². The lowest BCUT2D eigenvalue weighted by Gasteiger charge is -2.30. The summed E-state index contributed by atoms with van der Waals surface area (Å²) in [7, 11) is 0. The summed E-state index contributed by atoms with van der Waals surface area (Å²) in [5, 5.41) is 10.9. The Balaban J connectivity index is 1.69. The number of piperidine rings is 1. The third kappa shape index (κ3) is 3.62. The number of aromatic nitrogens is 2. The zero-order valence-electron chi connectivity index (χ0n) is 13.7. The number of nitrogens with zero attached hydrogens (tertiary/aromatic N) is 2. The lowest BCUT2D eigenvalue weighted by molar-refractivity contribution is 0.0913. The minimum Gasteiger partial charge on any atom is -0.349 e. The molecule has 2 atom stereocenters. The first-order valence-corrected chi connectivity index (χ1v) is 8.23. The Hall–Kier alpha value is -2.14. The van der Waals surface area contributed by atoms with E-state index < -0.39 is 0 Å². The summed E-state index contributed by atoms with van der Waals surface area (Å²) < 4.78 is 1.89. The van der Waals surface area contributed by atoms with Crippen LogP contribution in [0.25, 0.3) is 0 Å². The average Bonchev–Trinajstić information content (AvgIpc) is 2.92. The zero-order valence-corrected chi connectivity index (χ0v) is 13.7. The van der Waals surface area contributed by atoms with E-state index in [2.05, 4.69) is 34.8 Å². The standard InChI is InChI=1S/C18H24N4O/c1-13-10-19-9-8-17(13)21-18(23)16-11-20-22(14(16)2)12-15-6-4-3-5-7-15/h3-7,11,13,17,19H,8-10,12H2,1-2H3,(H,21,23). The van der Waals surface area contributed by atoms with E-state index in [0.717, 1.165) is 25.2 Å². The third-order valence-corrected chi connectivity index (χ3v) is 4.62. The summed E-state index contributed by atoms with van der Waals surface area (Å²) in [6, 6.07) is 10.4. The maximum atomic E-state index is 12.6. The molecule has 2 heterocycles. The van der Waals surface area contributed by atoms with Gasteiger partial charge in [-0.2, -0.15) is 5.10 Å². The number of hydrogen-bond acceptors (Lipinski definition) is 3. The Morgan fingerprint density at radius 2 is 2.17 bits per heavy atom. The number of amides is 1. The Kier molecular flexibility index (Phi) is 4.76. The fourth-order valence-corrected chi connectivity index (χ4v) is 3.06. The molecule has 5 heteroatoms. The van der Waals surface area contributed by atoms with Crippen molar-refractivity contribution in [3.05, 3.63) is 53.3 Å². The van der Waals surface area contributed by atoms with Crippen molar-refractivity contribution in [3.63, 3.8) is 0 Å². The molecule has 122 valence electrons. The molecule has 0 bridgehead atoms. The van der Waals surface area contributed by atoms with Gasteiger partial charge in [0.1, 0.15) is 0 Å². The fraction of sp³-hybridized carbons (Fsp3) is 0.444. The molecule has 0 spiro atoms. The smallest absolute Gasteiger partial charge is 0.254 e. The number of rotatable bonds is 4. The highest BCUT2D eigenvalue weighted by Crippen LogP contribution is 2.14. The van der Waals surface area contributed by atoms with Crippen LogP contribution in [-0.2, 0) is 6.54 Å². The van der Waals surface area contributed by atoms with Crippen molar-refractivity contribution in [2.45, 2.75) is 32.9 Å². The summed E-state index contributed by atoms with van der Waals surface area (Å²) in [6.07, 6.45) is 2.66. The van der Waals surface area contributed by atoms with Gasteiger partial charge in [0.05, 0.1) is 18.3 Å². The molecule has 0 saturated carbocycles. The largest absolute Gasteiger partial charge is 0.349 e. The molecule has 0 aliphatic carbocycles. The molecule has 5 nitrogen and oxygen atoms in total. The van der Waals surface area contributed by atoms with Crippen molar-refractivity contribution in [3.8, 4) is 0 Å². The lowest BCUT2D eigenvalue weighted by atomic mass is 9.95. The number of carbonyl (C=O) groups is 1. The summed E-state index contributed by atoms with van der Waals surface area (Å²) >= 11 is 0. The van der Waals surface area contributed by atoms with Gasteiger partial charge in [-0.05, 0) is 37.9 Å². The Labute approximate surface area is 137 Å². The first kappa shape index (κ1) is 15.7. The average molecular weight is 312 g/mol. The topological polar surface area (TPSA) is 59.0 Å². The van der Waals surface area contributed by atoms with E-state index in [4.69, 9.17) is 0 Å². The SMILES string of the molecule is Cc1c(C(=O)NC2CCNCC2C)cnn1Cc1ccccc1. The molecular formula is C18H24N4O. The molecule has 2 N–H and O–H groups in total. The van der Waals surface area contributed by atoms with Crippen LogP contribution >= 0.6 is 0 Å². The molecule has 0 radical (unpaired) electrons. The third-order valence-electron chi connectivity index (χ3n) is 4.62. The first-order chi connectivity index (χ1) is 11.1. The highest BCUT2D eigenvalue weighted by molar-refractivity contribution is 5.95. The van der Waals surface area contributed by atoms with E-state index in [-0.39, 0.29) is 11.9 Å². The maximum absolute atomic E-state index is 12.6. The second kappa shape index (κ2) is 6.96. The van der Waals surface area contributed by atoms with Crippen molar-refractivity contribution in [1.82, 2.24) is 20.4 Å². The molecular weight excluding hydrogens is 288 g/mol. The van der Waals surface area contributed by atoms with Crippen molar-refractivity contribution in [2.75, 3.05) is 13.1 Å². The second-order valence-corrected chi connectivity index (χ2v) is 6.34. The van der Waals surface area contributed by atoms with Crippen LogP contribution in [0.3, 0.4) is 0 Å². The highest BCUT2D eigenvalue weighted by atomic mass is 16.1. The molecule has 1 amide bonds. The zero-order chi connectivity index (χ0) is 16.2. The van der Waals surface area contributed by atoms with Gasteiger partial charge in [0.2, 0.25) is 0 Å². The molecule has 2 aromatic rings. The lowest BCUT2D eigenvalue weighted by Crippen LogP contribution is -2.48. The van der Waals surface area contributed by atoms with Gasteiger partial charge in [-0.25, -0.2) is 0 Å². The van der Waals surface area contributed by atoms with Crippen LogP contribution in [0, 0.1) is 12.8 Å². The molecule has 23 heavy (non-hydrogen) atoms. The summed E-state index contributed by atoms with van der Waals surface area (Å²) in [5.74, 6) is 0.438. The summed E-state index contributed by atoms with van der Waals surface area (Å²) in [6.45, 7) is 6.72. The van der Waals surface area contributed by atoms with Gasteiger partial charge in [0.25, 0.3) is 5.91 Å². The summed E-state index contributed by atoms with van der Waals surface area (Å²) in [4.78, 5) is 12.6. The van der Waals surface area contributed by atoms with Crippen LogP contribution in [0.4, 0.5) is 0 Å². The predicted octanol–water partition coefficient (Wildman–Crippen LogP) is 1.97. The first-order valence-electron chi connectivity index (χ1n) is 8.23. The van der Waals surface area contributed by atoms with E-state index in [1.807, 2.05) is 29.8 Å². The fourth-order valence-electron chi connectivity index (χ4n) is 3.06. The van der Waals surface area contributed by atoms with E-state index in [1.54, 1.807) is 6.20 Å². The van der Waals surface area contributed by atoms with Crippen LogP contribution in [0.1, 0.15) is 35.0 Å². The molecule has 1 aliphatic rings. The van der Waals surface area contributed by atoms with Crippen molar-refractivity contribution in [1.29, 1.82) is 0 Å². The van der Waals surface area contributed by atoms with E-state index in [9.17, 15) is 4.79 Å². The van der Waals surface area contributed by atoms with Crippen LogP contribution in [0.5, 0.6) is 0 Å². The van der Waals surface area contributed by atoms with Gasteiger partial charge in [0.15, 0.2) is 0 Å². The Morgan fingerprint density at radius 1 is 1.39 bits per heavy atom. The maximum Gasteiger partial charge on any atom is 0.254 e. The molecule has 1 aromatic heterocycles. The van der Waals surface area contributed by atoms with Gasteiger partial charge in [-0.15, -0.1) is 0 Å². The van der Waals surface area contributed by atoms with Crippen molar-refractivity contribution >= 4 is 5.91 Å². The molecule has 3 rings (SSSR count). The molecule has 1 fully saturated rings. The van der Waals surface area contributed by atoms with E-state index in [0.29, 0.717) is 18.0 Å². The minimum absolute atomic E-state index is 0.0134. The minimum atomic E-state index is -0.0134. The molecule has 1 aromatic carbocycles. The normalized spacial score (nSPS) is 21.1. The van der Waals surface area contributed by atoms with Gasteiger partial charge >= 0.3 is 0 Å². The van der Waals surface area contributed by atoms with Gasteiger partial charge in [-0.3, -0.25) is 9.48 Å². The number of carbonyl (C=O) groups excluding carboxylic acids is 1. The number of nitrogens with one attached hydrogen (secondary N) is 2. The van der Waals surface area contributed by atoms with Crippen LogP contribution in [0.15, 0.2) is 36.5 Å². The van der Waals surface area contributed by atoms with Crippen molar-refractivity contribution in [2.24, 2.45) is 5.92 Å². The van der Waals surface area contributed by atoms with E-state index >= 15 is 0 Å².